The smallest absolute Gasteiger partial charge is 0.329 e. The number of hydrogen-bond acceptors (Lipinski definition) is 2. The van der Waals surface area contributed by atoms with E-state index in [1.165, 1.54) is 0 Å². The maximum atomic E-state index is 12.6. The van der Waals surface area contributed by atoms with Gasteiger partial charge in [0.2, 0.25) is 0 Å². The van der Waals surface area contributed by atoms with Crippen molar-refractivity contribution in [3.63, 3.8) is 0 Å². The van der Waals surface area contributed by atoms with Crippen LogP contribution >= 0.6 is 0 Å². The zero-order chi connectivity index (χ0) is 15.6. The minimum atomic E-state index is -1.07. The van der Waals surface area contributed by atoms with E-state index in [2.05, 4.69) is 26.1 Å². The second kappa shape index (κ2) is 6.24. The van der Waals surface area contributed by atoms with Crippen LogP contribution in [0.15, 0.2) is 0 Å². The van der Waals surface area contributed by atoms with E-state index in [0.717, 1.165) is 32.2 Å². The van der Waals surface area contributed by atoms with E-state index in [1.807, 2.05) is 4.90 Å². The number of piperidine rings is 1. The number of amides is 2. The summed E-state index contributed by atoms with van der Waals surface area (Å²) in [6, 6.07) is -0.0295. The third-order valence-corrected chi connectivity index (χ3v) is 5.52. The van der Waals surface area contributed by atoms with Gasteiger partial charge in [-0.2, -0.15) is 0 Å². The number of hydrogen-bond donors (Lipinski definition) is 2. The van der Waals surface area contributed by atoms with Gasteiger partial charge in [0.25, 0.3) is 0 Å². The molecule has 2 fully saturated rings. The minimum Gasteiger partial charge on any atom is -0.480 e. The van der Waals surface area contributed by atoms with Gasteiger partial charge in [-0.15, -0.1) is 0 Å². The molecule has 2 N–H and O–H groups in total. The van der Waals surface area contributed by atoms with Crippen LogP contribution in [0, 0.1) is 11.8 Å². The molecule has 1 heterocycles. The lowest BCUT2D eigenvalue weighted by molar-refractivity contribution is -0.146. The van der Waals surface area contributed by atoms with E-state index in [-0.39, 0.29) is 12.1 Å². The van der Waals surface area contributed by atoms with Crippen LogP contribution in [0.3, 0.4) is 0 Å². The van der Waals surface area contributed by atoms with Crippen molar-refractivity contribution in [2.75, 3.05) is 6.54 Å². The molecular formula is C16H28N2O3. The molecule has 2 aliphatic rings. The molecule has 5 heteroatoms. The van der Waals surface area contributed by atoms with E-state index < -0.39 is 11.5 Å². The molecule has 2 amide bonds. The molecule has 0 bridgehead atoms. The van der Waals surface area contributed by atoms with Gasteiger partial charge in [-0.25, -0.2) is 9.59 Å². The third kappa shape index (κ3) is 3.33. The molecule has 0 aromatic heterocycles. The number of carboxylic acids is 1. The fourth-order valence-corrected chi connectivity index (χ4v) is 3.55. The van der Waals surface area contributed by atoms with Gasteiger partial charge in [-0.3, -0.25) is 0 Å². The van der Waals surface area contributed by atoms with Crippen LogP contribution in [0.5, 0.6) is 0 Å². The Morgan fingerprint density at radius 2 is 1.76 bits per heavy atom. The first-order valence-corrected chi connectivity index (χ1v) is 8.18. The first kappa shape index (κ1) is 16.1. The van der Waals surface area contributed by atoms with Gasteiger partial charge in [0.1, 0.15) is 5.54 Å². The molecule has 1 saturated heterocycles. The second-order valence-electron chi connectivity index (χ2n) is 7.05. The Morgan fingerprint density at radius 1 is 1.14 bits per heavy atom. The normalized spacial score (nSPS) is 37.1. The summed E-state index contributed by atoms with van der Waals surface area (Å²) in [5, 5.41) is 12.5. The molecule has 0 aromatic carbocycles. The number of rotatable bonds is 2. The van der Waals surface area contributed by atoms with Crippen molar-refractivity contribution in [1.29, 1.82) is 0 Å². The van der Waals surface area contributed by atoms with Crippen LogP contribution in [0.1, 0.15) is 59.3 Å². The molecule has 0 spiro atoms. The number of nitrogens with zero attached hydrogens (tertiary/aromatic N) is 1. The summed E-state index contributed by atoms with van der Waals surface area (Å²) < 4.78 is 0. The molecule has 2 unspecified atom stereocenters. The topological polar surface area (TPSA) is 69.6 Å². The molecule has 0 aromatic rings. The highest BCUT2D eigenvalue weighted by Gasteiger charge is 2.44. The lowest BCUT2D eigenvalue weighted by atomic mass is 9.77. The average Bonchev–Trinajstić information content (AvgIpc) is 2.44. The molecule has 0 radical (unpaired) electrons. The predicted octanol–water partition coefficient (Wildman–Crippen LogP) is 2.85. The molecule has 1 aliphatic heterocycles. The summed E-state index contributed by atoms with van der Waals surface area (Å²) in [4.78, 5) is 26.1. The highest BCUT2D eigenvalue weighted by atomic mass is 16.4. The molecule has 2 atom stereocenters. The number of carboxylic acid groups (broad SMARTS) is 1. The maximum Gasteiger partial charge on any atom is 0.329 e. The van der Waals surface area contributed by atoms with E-state index in [1.54, 1.807) is 0 Å². The Morgan fingerprint density at radius 3 is 2.33 bits per heavy atom. The van der Waals surface area contributed by atoms with Gasteiger partial charge in [0, 0.05) is 12.6 Å². The van der Waals surface area contributed by atoms with Crippen LogP contribution in [0.25, 0.3) is 0 Å². The monoisotopic (exact) mass is 296 g/mol. The van der Waals surface area contributed by atoms with Crippen molar-refractivity contribution in [1.82, 2.24) is 10.2 Å². The van der Waals surface area contributed by atoms with Crippen molar-refractivity contribution in [2.45, 2.75) is 70.9 Å². The van der Waals surface area contributed by atoms with Gasteiger partial charge in [-0.1, -0.05) is 13.8 Å². The van der Waals surface area contributed by atoms with Gasteiger partial charge in [-0.05, 0) is 57.3 Å². The number of carbonyl (C=O) groups excluding carboxylic acids is 1. The van der Waals surface area contributed by atoms with Crippen molar-refractivity contribution in [2.24, 2.45) is 11.8 Å². The van der Waals surface area contributed by atoms with E-state index in [0.29, 0.717) is 24.7 Å². The number of urea groups is 1. The quantitative estimate of drug-likeness (QED) is 0.823. The van der Waals surface area contributed by atoms with Gasteiger partial charge in [0.15, 0.2) is 0 Å². The molecule has 1 aliphatic carbocycles. The summed E-state index contributed by atoms with van der Waals surface area (Å²) in [5.41, 5.74) is -1.07. The van der Waals surface area contributed by atoms with Crippen LogP contribution < -0.4 is 5.32 Å². The highest BCUT2D eigenvalue weighted by Crippen LogP contribution is 2.33. The van der Waals surface area contributed by atoms with Crippen molar-refractivity contribution in [3.05, 3.63) is 0 Å². The van der Waals surface area contributed by atoms with E-state index >= 15 is 0 Å². The summed E-state index contributed by atoms with van der Waals surface area (Å²) in [7, 11) is 0. The van der Waals surface area contributed by atoms with Crippen LogP contribution in [0.4, 0.5) is 4.79 Å². The zero-order valence-electron chi connectivity index (χ0n) is 13.4. The summed E-state index contributed by atoms with van der Waals surface area (Å²) >= 11 is 0. The van der Waals surface area contributed by atoms with Crippen LogP contribution in [-0.2, 0) is 4.79 Å². The number of carbonyl (C=O) groups is 2. The zero-order valence-corrected chi connectivity index (χ0v) is 13.4. The number of nitrogens with one attached hydrogen (secondary N) is 1. The standard InChI is InChI=1S/C16H28N2O3/c1-11-6-8-16(9-7-11,14(19)20)17-15(21)18-10-4-5-12(2)13(18)3/h11-13H,4-10H2,1-3H3,(H,17,21)(H,19,20). The third-order valence-electron chi connectivity index (χ3n) is 5.52. The Bertz CT molecular complexity index is 402. The lowest BCUT2D eigenvalue weighted by Gasteiger charge is -2.42. The molecule has 120 valence electrons. The van der Waals surface area contributed by atoms with E-state index in [4.69, 9.17) is 0 Å². The van der Waals surface area contributed by atoms with Crippen molar-refractivity contribution < 1.29 is 14.7 Å². The summed E-state index contributed by atoms with van der Waals surface area (Å²) in [6.07, 6.45) is 4.92. The Kier molecular flexibility index (Phi) is 4.79. The van der Waals surface area contributed by atoms with Gasteiger partial charge < -0.3 is 15.3 Å². The molecule has 1 saturated carbocycles. The number of aliphatic carboxylic acids is 1. The predicted molar refractivity (Wildman–Crippen MR) is 81.1 cm³/mol. The van der Waals surface area contributed by atoms with Gasteiger partial charge >= 0.3 is 12.0 Å². The Labute approximate surface area is 127 Å². The minimum absolute atomic E-state index is 0.173. The Balaban J connectivity index is 2.06. The summed E-state index contributed by atoms with van der Waals surface area (Å²) in [5.74, 6) is 0.125. The highest BCUT2D eigenvalue weighted by molar-refractivity contribution is 5.86. The second-order valence-corrected chi connectivity index (χ2v) is 7.05. The maximum absolute atomic E-state index is 12.6. The van der Waals surface area contributed by atoms with Gasteiger partial charge in [0.05, 0.1) is 0 Å². The van der Waals surface area contributed by atoms with Crippen molar-refractivity contribution >= 4 is 12.0 Å². The molecule has 5 nitrogen and oxygen atoms in total. The van der Waals surface area contributed by atoms with Crippen LogP contribution in [-0.4, -0.2) is 40.1 Å². The van der Waals surface area contributed by atoms with Crippen molar-refractivity contribution in [3.8, 4) is 0 Å². The molecule has 21 heavy (non-hydrogen) atoms. The summed E-state index contributed by atoms with van der Waals surface area (Å²) in [6.45, 7) is 7.07. The lowest BCUT2D eigenvalue weighted by Crippen LogP contribution is -2.61. The molecule has 2 rings (SSSR count). The average molecular weight is 296 g/mol. The fraction of sp³-hybridized carbons (Fsp3) is 0.875. The van der Waals surface area contributed by atoms with E-state index in [9.17, 15) is 14.7 Å². The largest absolute Gasteiger partial charge is 0.480 e. The molecular weight excluding hydrogens is 268 g/mol. The first-order valence-electron chi connectivity index (χ1n) is 8.18. The van der Waals surface area contributed by atoms with Crippen LogP contribution in [0.2, 0.25) is 0 Å². The number of likely N-dealkylation sites (tertiary alicyclic amines) is 1. The SMILES string of the molecule is CC1CCC(NC(=O)N2CCCC(C)C2C)(C(=O)O)CC1. The Hall–Kier alpha value is -1.26. The fourth-order valence-electron chi connectivity index (χ4n) is 3.55. The first-order chi connectivity index (χ1) is 9.85.